The fourth-order valence-corrected chi connectivity index (χ4v) is 3.53. The lowest BCUT2D eigenvalue weighted by Crippen LogP contribution is -2.45. The van der Waals surface area contributed by atoms with Crippen LogP contribution in [0.1, 0.15) is 30.0 Å². The van der Waals surface area contributed by atoms with Crippen molar-refractivity contribution in [3.8, 4) is 0 Å². The average molecular weight is 271 g/mol. The zero-order chi connectivity index (χ0) is 13.0. The Kier molecular flexibility index (Phi) is 4.76. The molecule has 0 amide bonds. The molecule has 0 spiro atoms. The summed E-state index contributed by atoms with van der Waals surface area (Å²) in [5.41, 5.74) is -1.16. The van der Waals surface area contributed by atoms with Crippen LogP contribution >= 0.6 is 11.3 Å². The Bertz CT molecular complexity index is 372. The van der Waals surface area contributed by atoms with Gasteiger partial charge < -0.3 is 10.1 Å². The lowest BCUT2D eigenvalue weighted by Gasteiger charge is -2.29. The maximum absolute atomic E-state index is 14.6. The van der Waals surface area contributed by atoms with E-state index in [2.05, 4.69) is 24.4 Å². The summed E-state index contributed by atoms with van der Waals surface area (Å²) in [7, 11) is 0. The summed E-state index contributed by atoms with van der Waals surface area (Å²) in [6, 6.07) is 4.32. The molecule has 4 heteroatoms. The van der Waals surface area contributed by atoms with Crippen LogP contribution in [0.3, 0.4) is 0 Å². The molecule has 1 aromatic rings. The van der Waals surface area contributed by atoms with Crippen molar-refractivity contribution in [1.82, 2.24) is 5.32 Å². The van der Waals surface area contributed by atoms with Crippen molar-refractivity contribution >= 4 is 11.3 Å². The van der Waals surface area contributed by atoms with Crippen molar-refractivity contribution in [1.29, 1.82) is 0 Å². The molecule has 18 heavy (non-hydrogen) atoms. The highest BCUT2D eigenvalue weighted by molar-refractivity contribution is 7.12. The first-order chi connectivity index (χ1) is 8.59. The Hall–Kier alpha value is -0.450. The maximum Gasteiger partial charge on any atom is 0.114 e. The first-order valence-electron chi connectivity index (χ1n) is 6.67. The van der Waals surface area contributed by atoms with Crippen molar-refractivity contribution < 1.29 is 9.13 Å². The SMILES string of the molecule is CCc1ccc(CC(C)(F)CC2COCCN2)s1. The Labute approximate surface area is 113 Å². The molecule has 1 N–H and O–H groups in total. The number of ether oxygens (including phenoxy) is 1. The molecule has 2 unspecified atom stereocenters. The van der Waals surface area contributed by atoms with Gasteiger partial charge in [0.2, 0.25) is 0 Å². The minimum Gasteiger partial charge on any atom is -0.379 e. The van der Waals surface area contributed by atoms with Crippen LogP contribution in [0, 0.1) is 0 Å². The Morgan fingerprint density at radius 2 is 2.28 bits per heavy atom. The molecular weight excluding hydrogens is 249 g/mol. The van der Waals surface area contributed by atoms with E-state index in [1.54, 1.807) is 18.3 Å². The van der Waals surface area contributed by atoms with E-state index in [1.807, 2.05) is 0 Å². The van der Waals surface area contributed by atoms with E-state index >= 15 is 0 Å². The number of rotatable bonds is 5. The van der Waals surface area contributed by atoms with Crippen molar-refractivity contribution in [2.24, 2.45) is 0 Å². The maximum atomic E-state index is 14.6. The van der Waals surface area contributed by atoms with Gasteiger partial charge in [-0.2, -0.15) is 0 Å². The molecule has 1 fully saturated rings. The minimum absolute atomic E-state index is 0.152. The number of hydrogen-bond acceptors (Lipinski definition) is 3. The first-order valence-corrected chi connectivity index (χ1v) is 7.48. The van der Waals surface area contributed by atoms with Crippen LogP contribution in [0.5, 0.6) is 0 Å². The molecule has 2 heterocycles. The summed E-state index contributed by atoms with van der Waals surface area (Å²) < 4.78 is 20.0. The van der Waals surface area contributed by atoms with Crippen LogP contribution in [-0.4, -0.2) is 31.5 Å². The largest absolute Gasteiger partial charge is 0.379 e. The molecule has 1 saturated heterocycles. The summed E-state index contributed by atoms with van der Waals surface area (Å²) >= 11 is 1.73. The van der Waals surface area contributed by atoms with E-state index in [9.17, 15) is 4.39 Å². The Balaban J connectivity index is 1.89. The summed E-state index contributed by atoms with van der Waals surface area (Å²) in [5, 5.41) is 3.32. The summed E-state index contributed by atoms with van der Waals surface area (Å²) in [6.45, 7) is 6.04. The monoisotopic (exact) mass is 271 g/mol. The highest BCUT2D eigenvalue weighted by Crippen LogP contribution is 2.28. The summed E-state index contributed by atoms with van der Waals surface area (Å²) in [4.78, 5) is 2.48. The second-order valence-corrected chi connectivity index (χ2v) is 6.49. The zero-order valence-electron chi connectivity index (χ0n) is 11.2. The second-order valence-electron chi connectivity index (χ2n) is 5.24. The van der Waals surface area contributed by atoms with Gasteiger partial charge in [-0.25, -0.2) is 4.39 Å². The van der Waals surface area contributed by atoms with E-state index in [-0.39, 0.29) is 6.04 Å². The molecule has 0 saturated carbocycles. The van der Waals surface area contributed by atoms with Gasteiger partial charge in [0.15, 0.2) is 0 Å². The smallest absolute Gasteiger partial charge is 0.114 e. The van der Waals surface area contributed by atoms with Gasteiger partial charge in [0.25, 0.3) is 0 Å². The van der Waals surface area contributed by atoms with E-state index < -0.39 is 5.67 Å². The number of alkyl halides is 1. The lowest BCUT2D eigenvalue weighted by atomic mass is 9.94. The molecule has 0 radical (unpaired) electrons. The molecule has 0 aliphatic carbocycles. The van der Waals surface area contributed by atoms with Crippen LogP contribution in [0.15, 0.2) is 12.1 Å². The normalized spacial score (nSPS) is 23.8. The fourth-order valence-electron chi connectivity index (χ4n) is 2.41. The number of halogens is 1. The van der Waals surface area contributed by atoms with Crippen LogP contribution in [0.2, 0.25) is 0 Å². The Morgan fingerprint density at radius 3 is 2.89 bits per heavy atom. The van der Waals surface area contributed by atoms with Crippen LogP contribution in [0.25, 0.3) is 0 Å². The van der Waals surface area contributed by atoms with Gasteiger partial charge >= 0.3 is 0 Å². The number of morpholine rings is 1. The van der Waals surface area contributed by atoms with Crippen LogP contribution in [-0.2, 0) is 17.6 Å². The molecule has 2 atom stereocenters. The first kappa shape index (κ1) is 14.0. The quantitative estimate of drug-likeness (QED) is 0.889. The third kappa shape index (κ3) is 4.04. The van der Waals surface area contributed by atoms with Gasteiger partial charge in [-0.1, -0.05) is 6.92 Å². The van der Waals surface area contributed by atoms with Crippen LogP contribution in [0.4, 0.5) is 4.39 Å². The van der Waals surface area contributed by atoms with E-state index in [4.69, 9.17) is 4.74 Å². The minimum atomic E-state index is -1.16. The van der Waals surface area contributed by atoms with Gasteiger partial charge in [-0.05, 0) is 31.9 Å². The lowest BCUT2D eigenvalue weighted by molar-refractivity contribution is 0.0485. The zero-order valence-corrected chi connectivity index (χ0v) is 12.0. The van der Waals surface area contributed by atoms with Crippen molar-refractivity contribution in [3.63, 3.8) is 0 Å². The predicted octanol–water partition coefficient (Wildman–Crippen LogP) is 2.96. The molecule has 0 bridgehead atoms. The van der Waals surface area contributed by atoms with Gasteiger partial charge in [0.1, 0.15) is 5.67 Å². The van der Waals surface area contributed by atoms with Gasteiger partial charge in [0.05, 0.1) is 13.2 Å². The molecule has 102 valence electrons. The third-order valence-corrected chi connectivity index (χ3v) is 4.51. The van der Waals surface area contributed by atoms with Crippen molar-refractivity contribution in [2.75, 3.05) is 19.8 Å². The second kappa shape index (κ2) is 6.13. The third-order valence-electron chi connectivity index (χ3n) is 3.28. The molecule has 1 aliphatic heterocycles. The number of aryl methyl sites for hydroxylation is 1. The fraction of sp³-hybridized carbons (Fsp3) is 0.714. The van der Waals surface area contributed by atoms with Crippen molar-refractivity contribution in [3.05, 3.63) is 21.9 Å². The van der Waals surface area contributed by atoms with E-state index in [0.29, 0.717) is 19.4 Å². The molecule has 2 rings (SSSR count). The van der Waals surface area contributed by atoms with Gasteiger partial charge in [0, 0.05) is 28.8 Å². The van der Waals surface area contributed by atoms with Gasteiger partial charge in [-0.3, -0.25) is 0 Å². The van der Waals surface area contributed by atoms with E-state index in [0.717, 1.165) is 24.4 Å². The van der Waals surface area contributed by atoms with Gasteiger partial charge in [-0.15, -0.1) is 11.3 Å². The summed E-state index contributed by atoms with van der Waals surface area (Å²) in [6.07, 6.45) is 2.06. The van der Waals surface area contributed by atoms with Crippen LogP contribution < -0.4 is 5.32 Å². The summed E-state index contributed by atoms with van der Waals surface area (Å²) in [5.74, 6) is 0. The molecule has 1 aromatic heterocycles. The van der Waals surface area contributed by atoms with Crippen molar-refractivity contribution in [2.45, 2.75) is 44.8 Å². The number of thiophene rings is 1. The molecular formula is C14H22FNOS. The standard InChI is InChI=1S/C14H22FNOS/c1-3-12-4-5-13(18-12)9-14(2,15)8-11-10-17-7-6-16-11/h4-5,11,16H,3,6-10H2,1-2H3. The van der Waals surface area contributed by atoms with E-state index in [1.165, 1.54) is 4.88 Å². The highest BCUT2D eigenvalue weighted by Gasteiger charge is 2.29. The topological polar surface area (TPSA) is 21.3 Å². The average Bonchev–Trinajstić information content (AvgIpc) is 2.76. The molecule has 2 nitrogen and oxygen atoms in total. The molecule has 1 aliphatic rings. The highest BCUT2D eigenvalue weighted by atomic mass is 32.1. The Morgan fingerprint density at radius 1 is 1.50 bits per heavy atom. The molecule has 0 aromatic carbocycles. The predicted molar refractivity (Wildman–Crippen MR) is 74.1 cm³/mol. The number of hydrogen-bond donors (Lipinski definition) is 1. The number of nitrogens with one attached hydrogen (secondary N) is 1.